The van der Waals surface area contributed by atoms with Gasteiger partial charge in [-0.2, -0.15) is 0 Å². The number of hydrogen-bond donors (Lipinski definition) is 0. The highest BCUT2D eigenvalue weighted by Crippen LogP contribution is 2.36. The van der Waals surface area contributed by atoms with E-state index in [0.29, 0.717) is 12.8 Å². The molecule has 4 heteroatoms. The lowest BCUT2D eigenvalue weighted by atomic mass is 9.85. The molecule has 2 aliphatic heterocycles. The standard InChI is InChI=1S/C28H28N2O2/c1-28(2,3)23-6-4-5-21(15-23)19-7-9-20(10-8-19)22-16-24(29-13-11-26(29)31)18-25(17-22)30-14-12-27(30)32/h4-10,15-18H,11-14H2,1-3H3. The van der Waals surface area contributed by atoms with Crippen LogP contribution in [0.4, 0.5) is 11.4 Å². The monoisotopic (exact) mass is 424 g/mol. The van der Waals surface area contributed by atoms with Crippen LogP contribution in [0.2, 0.25) is 0 Å². The van der Waals surface area contributed by atoms with E-state index in [2.05, 4.69) is 81.4 Å². The van der Waals surface area contributed by atoms with Gasteiger partial charge in [0, 0.05) is 37.3 Å². The third-order valence-electron chi connectivity index (χ3n) is 6.51. The van der Waals surface area contributed by atoms with E-state index in [1.54, 1.807) is 9.80 Å². The largest absolute Gasteiger partial charge is 0.312 e. The molecule has 5 rings (SSSR count). The first-order chi connectivity index (χ1) is 15.3. The van der Waals surface area contributed by atoms with E-state index in [-0.39, 0.29) is 17.2 Å². The van der Waals surface area contributed by atoms with Crippen LogP contribution in [-0.4, -0.2) is 24.9 Å². The Balaban J connectivity index is 1.49. The zero-order chi connectivity index (χ0) is 22.5. The van der Waals surface area contributed by atoms with E-state index in [9.17, 15) is 9.59 Å². The fourth-order valence-corrected chi connectivity index (χ4v) is 4.27. The highest BCUT2D eigenvalue weighted by molar-refractivity contribution is 6.03. The lowest BCUT2D eigenvalue weighted by Gasteiger charge is -2.35. The van der Waals surface area contributed by atoms with Crippen LogP contribution in [0.15, 0.2) is 66.7 Å². The Labute approximate surface area is 189 Å². The molecule has 0 aliphatic carbocycles. The molecule has 0 radical (unpaired) electrons. The van der Waals surface area contributed by atoms with Gasteiger partial charge >= 0.3 is 0 Å². The number of benzene rings is 3. The Morgan fingerprint density at radius 1 is 0.625 bits per heavy atom. The number of β-lactam (4-membered cyclic amide) rings is 2. The molecular weight excluding hydrogens is 396 g/mol. The van der Waals surface area contributed by atoms with Crippen molar-refractivity contribution in [1.82, 2.24) is 0 Å². The van der Waals surface area contributed by atoms with Crippen molar-refractivity contribution in [2.24, 2.45) is 0 Å². The lowest BCUT2D eigenvalue weighted by molar-refractivity contribution is -0.122. The van der Waals surface area contributed by atoms with Crippen LogP contribution < -0.4 is 9.80 Å². The third kappa shape index (κ3) is 3.70. The summed E-state index contributed by atoms with van der Waals surface area (Å²) in [5.41, 5.74) is 7.63. The zero-order valence-corrected chi connectivity index (χ0v) is 18.9. The van der Waals surface area contributed by atoms with E-state index in [1.165, 1.54) is 16.7 Å². The second kappa shape index (κ2) is 7.63. The molecule has 2 heterocycles. The Hall–Kier alpha value is -3.40. The first kappa shape index (κ1) is 20.5. The fraction of sp³-hybridized carbons (Fsp3) is 0.286. The summed E-state index contributed by atoms with van der Waals surface area (Å²) in [4.78, 5) is 27.7. The van der Waals surface area contributed by atoms with Crippen LogP contribution >= 0.6 is 0 Å². The number of carbonyl (C=O) groups is 2. The quantitative estimate of drug-likeness (QED) is 0.497. The summed E-state index contributed by atoms with van der Waals surface area (Å²) in [6, 6.07) is 23.3. The van der Waals surface area contributed by atoms with Crippen molar-refractivity contribution in [1.29, 1.82) is 0 Å². The van der Waals surface area contributed by atoms with E-state index in [1.807, 2.05) is 6.07 Å². The van der Waals surface area contributed by atoms with Crippen LogP contribution in [0.1, 0.15) is 39.2 Å². The maximum Gasteiger partial charge on any atom is 0.228 e. The molecule has 3 aromatic carbocycles. The maximum atomic E-state index is 12.1. The minimum atomic E-state index is 0.107. The summed E-state index contributed by atoms with van der Waals surface area (Å²) in [5.74, 6) is 0.272. The lowest BCUT2D eigenvalue weighted by Crippen LogP contribution is -2.45. The molecule has 2 saturated heterocycles. The van der Waals surface area contributed by atoms with Gasteiger partial charge in [0.2, 0.25) is 11.8 Å². The first-order valence-corrected chi connectivity index (χ1v) is 11.3. The molecule has 0 bridgehead atoms. The zero-order valence-electron chi connectivity index (χ0n) is 18.9. The van der Waals surface area contributed by atoms with Gasteiger partial charge in [0.1, 0.15) is 0 Å². The summed E-state index contributed by atoms with van der Waals surface area (Å²) >= 11 is 0. The Kier molecular flexibility index (Phi) is 4.89. The molecule has 32 heavy (non-hydrogen) atoms. The van der Waals surface area contributed by atoms with Crippen molar-refractivity contribution in [2.45, 2.75) is 39.0 Å². The van der Waals surface area contributed by atoms with Crippen molar-refractivity contribution in [3.8, 4) is 22.3 Å². The van der Waals surface area contributed by atoms with Gasteiger partial charge in [-0.1, -0.05) is 69.3 Å². The van der Waals surface area contributed by atoms with Crippen LogP contribution in [0.3, 0.4) is 0 Å². The summed E-state index contributed by atoms with van der Waals surface area (Å²) in [5, 5.41) is 0. The SMILES string of the molecule is CC(C)(C)c1cccc(-c2ccc(-c3cc(N4CCC4=O)cc(N4CCC4=O)c3)cc2)c1. The van der Waals surface area contributed by atoms with Gasteiger partial charge in [-0.05, 0) is 51.4 Å². The average molecular weight is 425 g/mol. The second-order valence-corrected chi connectivity index (χ2v) is 9.74. The minimum Gasteiger partial charge on any atom is -0.312 e. The van der Waals surface area contributed by atoms with Gasteiger partial charge in [-0.3, -0.25) is 9.59 Å². The van der Waals surface area contributed by atoms with E-state index in [4.69, 9.17) is 0 Å². The predicted octanol–water partition coefficient (Wildman–Crippen LogP) is 5.79. The van der Waals surface area contributed by atoms with E-state index < -0.39 is 0 Å². The minimum absolute atomic E-state index is 0.107. The molecule has 4 nitrogen and oxygen atoms in total. The van der Waals surface area contributed by atoms with Gasteiger partial charge in [0.25, 0.3) is 0 Å². The molecule has 2 amide bonds. The summed E-state index contributed by atoms with van der Waals surface area (Å²) < 4.78 is 0. The number of rotatable bonds is 4. The number of carbonyl (C=O) groups excluding carboxylic acids is 2. The topological polar surface area (TPSA) is 40.6 Å². The van der Waals surface area contributed by atoms with Crippen LogP contribution in [0.25, 0.3) is 22.3 Å². The van der Waals surface area contributed by atoms with Crippen LogP contribution in [0, 0.1) is 0 Å². The first-order valence-electron chi connectivity index (χ1n) is 11.3. The third-order valence-corrected chi connectivity index (χ3v) is 6.51. The van der Waals surface area contributed by atoms with Crippen molar-refractivity contribution in [3.63, 3.8) is 0 Å². The van der Waals surface area contributed by atoms with Crippen LogP contribution in [-0.2, 0) is 15.0 Å². The average Bonchev–Trinajstić information content (AvgIpc) is 2.76. The summed E-state index contributed by atoms with van der Waals surface area (Å²) in [7, 11) is 0. The van der Waals surface area contributed by atoms with Gasteiger partial charge in [-0.15, -0.1) is 0 Å². The Morgan fingerprint density at radius 2 is 1.16 bits per heavy atom. The van der Waals surface area contributed by atoms with Crippen molar-refractivity contribution >= 4 is 23.2 Å². The number of amides is 2. The van der Waals surface area contributed by atoms with Gasteiger partial charge in [-0.25, -0.2) is 0 Å². The molecular formula is C28H28N2O2. The number of hydrogen-bond acceptors (Lipinski definition) is 2. The molecule has 0 spiro atoms. The van der Waals surface area contributed by atoms with Crippen molar-refractivity contribution < 1.29 is 9.59 Å². The van der Waals surface area contributed by atoms with Crippen molar-refractivity contribution in [3.05, 3.63) is 72.3 Å². The highest BCUT2D eigenvalue weighted by Gasteiger charge is 2.29. The fourth-order valence-electron chi connectivity index (χ4n) is 4.27. The molecule has 0 saturated carbocycles. The molecule has 2 aliphatic rings. The van der Waals surface area contributed by atoms with Gasteiger partial charge < -0.3 is 9.80 Å². The molecule has 0 aromatic heterocycles. The predicted molar refractivity (Wildman–Crippen MR) is 130 cm³/mol. The second-order valence-electron chi connectivity index (χ2n) is 9.74. The van der Waals surface area contributed by atoms with Crippen LogP contribution in [0.5, 0.6) is 0 Å². The Morgan fingerprint density at radius 3 is 1.59 bits per heavy atom. The molecule has 162 valence electrons. The number of nitrogens with zero attached hydrogens (tertiary/aromatic N) is 2. The molecule has 0 atom stereocenters. The normalized spacial score (nSPS) is 16.1. The van der Waals surface area contributed by atoms with Gasteiger partial charge in [0.05, 0.1) is 0 Å². The Bertz CT molecular complexity index is 1160. The number of anilines is 2. The molecule has 3 aromatic rings. The molecule has 2 fully saturated rings. The summed E-state index contributed by atoms with van der Waals surface area (Å²) in [6.45, 7) is 8.15. The highest BCUT2D eigenvalue weighted by atomic mass is 16.2. The van der Waals surface area contributed by atoms with E-state index >= 15 is 0 Å². The van der Waals surface area contributed by atoms with Gasteiger partial charge in [0.15, 0.2) is 0 Å². The van der Waals surface area contributed by atoms with Crippen molar-refractivity contribution in [2.75, 3.05) is 22.9 Å². The van der Waals surface area contributed by atoms with E-state index in [0.717, 1.165) is 35.6 Å². The maximum absolute atomic E-state index is 12.1. The smallest absolute Gasteiger partial charge is 0.228 e. The molecule has 0 unspecified atom stereocenters. The molecule has 0 N–H and O–H groups in total. The summed E-state index contributed by atoms with van der Waals surface area (Å²) in [6.07, 6.45) is 1.18.